The van der Waals surface area contributed by atoms with E-state index in [1.165, 1.54) is 25.6 Å². The molecule has 0 N–H and O–H groups in total. The molecule has 0 saturated carbocycles. The number of nitrogens with zero attached hydrogens (tertiary/aromatic N) is 1. The van der Waals surface area contributed by atoms with E-state index in [2.05, 4.69) is 4.98 Å². The van der Waals surface area contributed by atoms with Gasteiger partial charge in [-0.15, -0.1) is 0 Å². The average molecular weight is 231 g/mol. The Kier molecular flexibility index (Phi) is 3.14. The lowest BCUT2D eigenvalue weighted by Gasteiger charge is -2.05. The van der Waals surface area contributed by atoms with Gasteiger partial charge >= 0.3 is 0 Å². The first kappa shape index (κ1) is 11.3. The molecular weight excluding hydrogens is 221 g/mol. The summed E-state index contributed by atoms with van der Waals surface area (Å²) in [5.41, 5.74) is 1.37. The number of carbonyl (C=O) groups excluding carboxylic acids is 1. The molecule has 1 aromatic heterocycles. The summed E-state index contributed by atoms with van der Waals surface area (Å²) in [5.74, 6) is 0.0416. The SMILES string of the molecule is COc1ccc(-c2cncc(C=O)c2)c(F)c1. The van der Waals surface area contributed by atoms with Crippen LogP contribution in [0.3, 0.4) is 0 Å². The smallest absolute Gasteiger partial charge is 0.151 e. The third kappa shape index (κ3) is 2.30. The van der Waals surface area contributed by atoms with Crippen molar-refractivity contribution in [2.45, 2.75) is 0 Å². The minimum Gasteiger partial charge on any atom is -0.497 e. The van der Waals surface area contributed by atoms with Crippen molar-refractivity contribution in [2.75, 3.05) is 7.11 Å². The minimum absolute atomic E-state index is 0.391. The quantitative estimate of drug-likeness (QED) is 0.762. The lowest BCUT2D eigenvalue weighted by molar-refractivity contribution is 0.112. The van der Waals surface area contributed by atoms with Gasteiger partial charge in [-0.3, -0.25) is 9.78 Å². The highest BCUT2D eigenvalue weighted by molar-refractivity contribution is 5.78. The Labute approximate surface area is 97.9 Å². The highest BCUT2D eigenvalue weighted by Gasteiger charge is 2.07. The maximum Gasteiger partial charge on any atom is 0.151 e. The zero-order chi connectivity index (χ0) is 12.3. The van der Waals surface area contributed by atoms with Gasteiger partial charge in [-0.25, -0.2) is 4.39 Å². The molecule has 0 aliphatic rings. The first-order valence-corrected chi connectivity index (χ1v) is 4.98. The van der Waals surface area contributed by atoms with Gasteiger partial charge in [0.05, 0.1) is 7.11 Å². The summed E-state index contributed by atoms with van der Waals surface area (Å²) >= 11 is 0. The molecule has 0 radical (unpaired) electrons. The van der Waals surface area contributed by atoms with Gasteiger partial charge in [0.15, 0.2) is 6.29 Å². The van der Waals surface area contributed by atoms with Crippen LogP contribution in [0.15, 0.2) is 36.7 Å². The van der Waals surface area contributed by atoms with E-state index in [0.29, 0.717) is 28.7 Å². The van der Waals surface area contributed by atoms with Gasteiger partial charge < -0.3 is 4.74 Å². The molecule has 2 rings (SSSR count). The Morgan fingerprint density at radius 3 is 2.76 bits per heavy atom. The predicted octanol–water partition coefficient (Wildman–Crippen LogP) is 2.71. The molecule has 17 heavy (non-hydrogen) atoms. The van der Waals surface area contributed by atoms with Crippen LogP contribution in [0.1, 0.15) is 10.4 Å². The van der Waals surface area contributed by atoms with Crippen molar-refractivity contribution in [3.8, 4) is 16.9 Å². The van der Waals surface area contributed by atoms with Crippen molar-refractivity contribution in [1.29, 1.82) is 0 Å². The first-order valence-electron chi connectivity index (χ1n) is 4.98. The number of ether oxygens (including phenoxy) is 1. The fraction of sp³-hybridized carbons (Fsp3) is 0.0769. The van der Waals surface area contributed by atoms with Crippen LogP contribution in [-0.2, 0) is 0 Å². The maximum absolute atomic E-state index is 13.8. The van der Waals surface area contributed by atoms with E-state index < -0.39 is 5.82 Å². The van der Waals surface area contributed by atoms with Crippen LogP contribution < -0.4 is 4.74 Å². The van der Waals surface area contributed by atoms with Crippen LogP contribution in [0.4, 0.5) is 4.39 Å². The average Bonchev–Trinajstić information content (AvgIpc) is 2.38. The predicted molar refractivity (Wildman–Crippen MR) is 61.6 cm³/mol. The van der Waals surface area contributed by atoms with Crippen LogP contribution in [0.25, 0.3) is 11.1 Å². The summed E-state index contributed by atoms with van der Waals surface area (Å²) in [5, 5.41) is 0. The van der Waals surface area contributed by atoms with Gasteiger partial charge in [0.2, 0.25) is 0 Å². The molecule has 1 aromatic carbocycles. The summed E-state index contributed by atoms with van der Waals surface area (Å²) in [6.45, 7) is 0. The fourth-order valence-corrected chi connectivity index (χ4v) is 1.53. The summed E-state index contributed by atoms with van der Waals surface area (Å²) in [7, 11) is 1.48. The lowest BCUT2D eigenvalue weighted by Crippen LogP contribution is -1.90. The summed E-state index contributed by atoms with van der Waals surface area (Å²) in [6.07, 6.45) is 3.62. The molecule has 2 aromatic rings. The third-order valence-electron chi connectivity index (χ3n) is 2.38. The van der Waals surface area contributed by atoms with Gasteiger partial charge in [0.25, 0.3) is 0 Å². The lowest BCUT2D eigenvalue weighted by atomic mass is 10.1. The highest BCUT2D eigenvalue weighted by Crippen LogP contribution is 2.25. The second-order valence-corrected chi connectivity index (χ2v) is 3.47. The maximum atomic E-state index is 13.8. The van der Waals surface area contributed by atoms with Crippen LogP contribution in [0.5, 0.6) is 5.75 Å². The number of aromatic nitrogens is 1. The van der Waals surface area contributed by atoms with E-state index >= 15 is 0 Å². The van der Waals surface area contributed by atoms with E-state index in [0.717, 1.165) is 0 Å². The van der Waals surface area contributed by atoms with Crippen molar-refractivity contribution in [2.24, 2.45) is 0 Å². The Hall–Kier alpha value is -2.23. The molecule has 0 unspecified atom stereocenters. The monoisotopic (exact) mass is 231 g/mol. The van der Waals surface area contributed by atoms with Gasteiger partial charge in [-0.05, 0) is 18.2 Å². The van der Waals surface area contributed by atoms with E-state index in [1.54, 1.807) is 18.2 Å². The van der Waals surface area contributed by atoms with Crippen molar-refractivity contribution in [3.05, 3.63) is 48.0 Å². The van der Waals surface area contributed by atoms with Crippen LogP contribution in [0, 0.1) is 5.82 Å². The Balaban J connectivity index is 2.48. The number of methoxy groups -OCH3 is 1. The third-order valence-corrected chi connectivity index (χ3v) is 2.38. The van der Waals surface area contributed by atoms with Gasteiger partial charge in [-0.2, -0.15) is 0 Å². The molecule has 4 heteroatoms. The zero-order valence-electron chi connectivity index (χ0n) is 9.18. The standard InChI is InChI=1S/C13H10FNO2/c1-17-11-2-3-12(13(14)5-11)10-4-9(8-16)6-15-7-10/h2-8H,1H3. The van der Waals surface area contributed by atoms with E-state index in [4.69, 9.17) is 4.74 Å². The van der Waals surface area contributed by atoms with E-state index in [-0.39, 0.29) is 0 Å². The Bertz CT molecular complexity index is 555. The number of benzene rings is 1. The molecule has 0 bridgehead atoms. The molecule has 86 valence electrons. The van der Waals surface area contributed by atoms with Gasteiger partial charge in [0.1, 0.15) is 11.6 Å². The zero-order valence-corrected chi connectivity index (χ0v) is 9.18. The number of aldehydes is 1. The van der Waals surface area contributed by atoms with E-state index in [9.17, 15) is 9.18 Å². The number of halogens is 1. The summed E-state index contributed by atoms with van der Waals surface area (Å²) in [4.78, 5) is 14.5. The van der Waals surface area contributed by atoms with Gasteiger partial charge in [-0.1, -0.05) is 0 Å². The minimum atomic E-state index is -0.408. The van der Waals surface area contributed by atoms with Crippen LogP contribution in [0.2, 0.25) is 0 Å². The highest BCUT2D eigenvalue weighted by atomic mass is 19.1. The Morgan fingerprint density at radius 1 is 1.29 bits per heavy atom. The molecule has 0 saturated heterocycles. The molecule has 0 aliphatic carbocycles. The fourth-order valence-electron chi connectivity index (χ4n) is 1.53. The van der Waals surface area contributed by atoms with Crippen molar-refractivity contribution >= 4 is 6.29 Å². The molecule has 3 nitrogen and oxygen atoms in total. The molecule has 1 heterocycles. The van der Waals surface area contributed by atoms with Crippen molar-refractivity contribution < 1.29 is 13.9 Å². The molecule has 0 aliphatic heterocycles. The molecular formula is C13H10FNO2. The first-order chi connectivity index (χ1) is 8.24. The van der Waals surface area contributed by atoms with Crippen molar-refractivity contribution in [1.82, 2.24) is 4.98 Å². The summed E-state index contributed by atoms with van der Waals surface area (Å²) in [6, 6.07) is 6.14. The topological polar surface area (TPSA) is 39.2 Å². The second-order valence-electron chi connectivity index (χ2n) is 3.47. The largest absolute Gasteiger partial charge is 0.497 e. The van der Waals surface area contributed by atoms with Crippen molar-refractivity contribution in [3.63, 3.8) is 0 Å². The normalized spacial score (nSPS) is 10.0. The molecule has 0 spiro atoms. The molecule has 0 amide bonds. The van der Waals surface area contributed by atoms with Gasteiger partial charge in [0, 0.05) is 35.2 Å². The molecule has 0 atom stereocenters. The number of hydrogen-bond donors (Lipinski definition) is 0. The Morgan fingerprint density at radius 2 is 2.12 bits per heavy atom. The number of rotatable bonds is 3. The van der Waals surface area contributed by atoms with E-state index in [1.807, 2.05) is 0 Å². The second kappa shape index (κ2) is 4.74. The number of hydrogen-bond acceptors (Lipinski definition) is 3. The summed E-state index contributed by atoms with van der Waals surface area (Å²) < 4.78 is 18.7. The van der Waals surface area contributed by atoms with Crippen LogP contribution in [-0.4, -0.2) is 18.4 Å². The van der Waals surface area contributed by atoms with Crippen LogP contribution >= 0.6 is 0 Å². The number of pyridine rings is 1. The number of carbonyl (C=O) groups is 1. The molecule has 0 fully saturated rings.